The van der Waals surface area contributed by atoms with Crippen LogP contribution in [0.4, 0.5) is 0 Å². The van der Waals surface area contributed by atoms with Crippen LogP contribution < -0.4 is 9.47 Å². The summed E-state index contributed by atoms with van der Waals surface area (Å²) < 4.78 is 10.3. The van der Waals surface area contributed by atoms with Crippen molar-refractivity contribution in [1.29, 1.82) is 0 Å². The summed E-state index contributed by atoms with van der Waals surface area (Å²) in [6.45, 7) is -0.545. The maximum absolute atomic E-state index is 9.89. The number of aliphatic hydroxyl groups excluding tert-OH is 1. The molecule has 1 aromatic carbocycles. The maximum atomic E-state index is 9.89. The first-order valence-electron chi connectivity index (χ1n) is 4.84. The number of nitrogens with zero attached hydrogens (tertiary/aromatic N) is 1. The zero-order valence-electron chi connectivity index (χ0n) is 9.24. The lowest BCUT2D eigenvalue weighted by atomic mass is 10.3. The van der Waals surface area contributed by atoms with E-state index in [-0.39, 0.29) is 6.61 Å². The average molecular weight is 243 g/mol. The number of ether oxygens (including phenoxy) is 2. The molecule has 7 heteroatoms. The topological polar surface area (TPSA) is 91.1 Å². The van der Waals surface area contributed by atoms with E-state index in [1.807, 2.05) is 0 Å². The molecule has 0 bridgehead atoms. The molecular formula is C10H13NO6. The molecule has 0 fully saturated rings. The maximum Gasteiger partial charge on any atom is 0.294 e. The van der Waals surface area contributed by atoms with E-state index in [0.29, 0.717) is 11.5 Å². The lowest BCUT2D eigenvalue weighted by Crippen LogP contribution is -2.25. The van der Waals surface area contributed by atoms with Crippen molar-refractivity contribution in [3.63, 3.8) is 0 Å². The molecular weight excluding hydrogens is 230 g/mol. The quantitative estimate of drug-likeness (QED) is 0.558. The minimum atomic E-state index is -1.08. The average Bonchev–Trinajstić information content (AvgIpc) is 2.34. The van der Waals surface area contributed by atoms with Crippen molar-refractivity contribution in [3.8, 4) is 11.5 Å². The monoisotopic (exact) mass is 243 g/mol. The summed E-state index contributed by atoms with van der Waals surface area (Å²) in [6.07, 6.45) is -1.08. The third-order valence-corrected chi connectivity index (χ3v) is 1.87. The minimum absolute atomic E-state index is 0.117. The molecule has 17 heavy (non-hydrogen) atoms. The Bertz CT molecular complexity index is 370. The Morgan fingerprint density at radius 1 is 1.35 bits per heavy atom. The molecule has 0 spiro atoms. The smallest absolute Gasteiger partial charge is 0.294 e. The first kappa shape index (κ1) is 13.0. The van der Waals surface area contributed by atoms with Crippen molar-refractivity contribution in [3.05, 3.63) is 34.4 Å². The number of hydrogen-bond acceptors (Lipinski definition) is 6. The van der Waals surface area contributed by atoms with Gasteiger partial charge in [-0.15, -0.1) is 10.1 Å². The Morgan fingerprint density at radius 3 is 2.59 bits per heavy atom. The van der Waals surface area contributed by atoms with Crippen LogP contribution in [0.15, 0.2) is 24.3 Å². The second kappa shape index (κ2) is 6.54. The zero-order valence-corrected chi connectivity index (χ0v) is 9.24. The van der Waals surface area contributed by atoms with Gasteiger partial charge in [-0.1, -0.05) is 12.1 Å². The molecule has 0 heterocycles. The van der Waals surface area contributed by atoms with Crippen LogP contribution in [0.25, 0.3) is 0 Å². The van der Waals surface area contributed by atoms with Crippen molar-refractivity contribution in [1.82, 2.24) is 0 Å². The molecule has 0 amide bonds. The molecule has 1 N–H and O–H groups in total. The lowest BCUT2D eigenvalue weighted by Gasteiger charge is -2.13. The fraction of sp³-hybridized carbons (Fsp3) is 0.400. The summed E-state index contributed by atoms with van der Waals surface area (Å²) in [7, 11) is 1.49. The minimum Gasteiger partial charge on any atom is -0.493 e. The van der Waals surface area contributed by atoms with Crippen LogP contribution in [0.3, 0.4) is 0 Å². The van der Waals surface area contributed by atoms with Crippen LogP contribution in [-0.4, -0.2) is 36.6 Å². The Balaban J connectivity index is 2.41. The summed E-state index contributed by atoms with van der Waals surface area (Å²) >= 11 is 0. The van der Waals surface area contributed by atoms with Crippen LogP contribution in [0.1, 0.15) is 0 Å². The van der Waals surface area contributed by atoms with Gasteiger partial charge in [0.05, 0.1) is 7.11 Å². The highest BCUT2D eigenvalue weighted by molar-refractivity contribution is 5.39. The van der Waals surface area contributed by atoms with Crippen LogP contribution in [0, 0.1) is 10.1 Å². The van der Waals surface area contributed by atoms with Crippen molar-refractivity contribution >= 4 is 0 Å². The second-order valence-electron chi connectivity index (χ2n) is 3.14. The van der Waals surface area contributed by atoms with Crippen LogP contribution in [0.2, 0.25) is 0 Å². The highest BCUT2D eigenvalue weighted by atomic mass is 17.0. The summed E-state index contributed by atoms with van der Waals surface area (Å²) in [5, 5.41) is 18.3. The third kappa shape index (κ3) is 4.56. The lowest BCUT2D eigenvalue weighted by molar-refractivity contribution is -0.759. The van der Waals surface area contributed by atoms with Crippen LogP contribution >= 0.6 is 0 Å². The van der Waals surface area contributed by atoms with Crippen LogP contribution in [0.5, 0.6) is 11.5 Å². The van der Waals surface area contributed by atoms with Gasteiger partial charge in [-0.2, -0.15) is 0 Å². The standard InChI is InChI=1S/C10H13NO6/c1-15-9-4-2-3-5-10(9)16-6-8(12)7-17-11(13)14/h2-5,8,12H,6-7H2,1H3/t8-/m0/s1. The van der Waals surface area contributed by atoms with E-state index in [0.717, 1.165) is 0 Å². The largest absolute Gasteiger partial charge is 0.493 e. The van der Waals surface area contributed by atoms with Gasteiger partial charge in [0.15, 0.2) is 11.5 Å². The first-order valence-corrected chi connectivity index (χ1v) is 4.84. The number of methoxy groups -OCH3 is 1. The van der Waals surface area contributed by atoms with E-state index in [1.165, 1.54) is 7.11 Å². The Labute approximate surface area is 97.6 Å². The highest BCUT2D eigenvalue weighted by Gasteiger charge is 2.09. The molecule has 0 saturated heterocycles. The molecule has 94 valence electrons. The third-order valence-electron chi connectivity index (χ3n) is 1.87. The molecule has 7 nitrogen and oxygen atoms in total. The van der Waals surface area contributed by atoms with Crippen LogP contribution in [-0.2, 0) is 4.84 Å². The van der Waals surface area contributed by atoms with Gasteiger partial charge in [0.1, 0.15) is 19.3 Å². The predicted octanol–water partition coefficient (Wildman–Crippen LogP) is 0.643. The molecule has 1 rings (SSSR count). The molecule has 1 aromatic rings. The fourth-order valence-electron chi connectivity index (χ4n) is 1.12. The Morgan fingerprint density at radius 2 is 2.00 bits per heavy atom. The first-order chi connectivity index (χ1) is 8.13. The van der Waals surface area contributed by atoms with E-state index < -0.39 is 17.8 Å². The summed E-state index contributed by atoms with van der Waals surface area (Å²) in [5.74, 6) is 0.977. The van der Waals surface area contributed by atoms with Gasteiger partial charge in [0, 0.05) is 0 Å². The molecule has 0 aliphatic heterocycles. The molecule has 0 aliphatic carbocycles. The summed E-state index contributed by atoms with van der Waals surface area (Å²) in [4.78, 5) is 13.9. The molecule has 0 aliphatic rings. The second-order valence-corrected chi connectivity index (χ2v) is 3.14. The Hall–Kier alpha value is -2.02. The van der Waals surface area contributed by atoms with Gasteiger partial charge in [-0.25, -0.2) is 0 Å². The van der Waals surface area contributed by atoms with Gasteiger partial charge in [0.25, 0.3) is 5.09 Å². The van der Waals surface area contributed by atoms with Gasteiger partial charge in [0.2, 0.25) is 0 Å². The van der Waals surface area contributed by atoms with E-state index in [4.69, 9.17) is 9.47 Å². The number of benzene rings is 1. The van der Waals surface area contributed by atoms with Crippen molar-refractivity contribution < 1.29 is 24.5 Å². The molecule has 0 aromatic heterocycles. The zero-order chi connectivity index (χ0) is 12.7. The van der Waals surface area contributed by atoms with Gasteiger partial charge in [-0.05, 0) is 12.1 Å². The number of rotatable bonds is 7. The van der Waals surface area contributed by atoms with E-state index in [9.17, 15) is 15.2 Å². The predicted molar refractivity (Wildman–Crippen MR) is 57.4 cm³/mol. The number of para-hydroxylation sites is 2. The molecule has 0 radical (unpaired) electrons. The van der Waals surface area contributed by atoms with Gasteiger partial charge >= 0.3 is 0 Å². The molecule has 0 saturated carbocycles. The molecule has 0 unspecified atom stereocenters. The van der Waals surface area contributed by atoms with E-state index in [1.54, 1.807) is 24.3 Å². The van der Waals surface area contributed by atoms with Gasteiger partial charge < -0.3 is 19.4 Å². The van der Waals surface area contributed by atoms with E-state index >= 15 is 0 Å². The Kier molecular flexibility index (Phi) is 5.02. The van der Waals surface area contributed by atoms with Crippen molar-refractivity contribution in [2.45, 2.75) is 6.10 Å². The SMILES string of the molecule is COc1ccccc1OC[C@H](O)CO[N+](=O)[O-]. The van der Waals surface area contributed by atoms with E-state index in [2.05, 4.69) is 4.84 Å². The van der Waals surface area contributed by atoms with Gasteiger partial charge in [-0.3, -0.25) is 0 Å². The number of aliphatic hydroxyl groups is 1. The summed E-state index contributed by atoms with van der Waals surface area (Å²) in [5.41, 5.74) is 0. The highest BCUT2D eigenvalue weighted by Crippen LogP contribution is 2.25. The van der Waals surface area contributed by atoms with Crippen molar-refractivity contribution in [2.75, 3.05) is 20.3 Å². The normalized spacial score (nSPS) is 11.6. The number of hydrogen-bond donors (Lipinski definition) is 1. The molecule has 1 atom stereocenters. The van der Waals surface area contributed by atoms with Crippen molar-refractivity contribution in [2.24, 2.45) is 0 Å². The fourth-order valence-corrected chi connectivity index (χ4v) is 1.12. The summed E-state index contributed by atoms with van der Waals surface area (Å²) in [6, 6.07) is 6.89.